The summed E-state index contributed by atoms with van der Waals surface area (Å²) in [5.41, 5.74) is 2.22. The fraction of sp³-hybridized carbons (Fsp3) is 0.471. The van der Waals surface area contributed by atoms with Crippen LogP contribution in [0.1, 0.15) is 36.5 Å². The second kappa shape index (κ2) is 14.9. The Morgan fingerprint density at radius 1 is 1.15 bits per heavy atom. The van der Waals surface area contributed by atoms with E-state index in [9.17, 15) is 18.3 Å². The van der Waals surface area contributed by atoms with E-state index < -0.39 is 34.4 Å². The lowest BCUT2D eigenvalue weighted by Gasteiger charge is -2.31. The van der Waals surface area contributed by atoms with Crippen molar-refractivity contribution in [2.24, 2.45) is 11.8 Å². The number of furan rings is 1. The highest BCUT2D eigenvalue weighted by Gasteiger charge is 2.44. The number of aliphatic hydroxyl groups is 1. The number of fused-ring (bicyclic) bond motifs is 2. The molecular formula is C34H41N3O9S2. The van der Waals surface area contributed by atoms with Crippen LogP contribution < -0.4 is 10.1 Å². The van der Waals surface area contributed by atoms with Gasteiger partial charge in [0.1, 0.15) is 24.0 Å². The zero-order valence-corrected chi connectivity index (χ0v) is 28.7. The summed E-state index contributed by atoms with van der Waals surface area (Å²) in [7, 11) is -4.02. The number of hydrogen-bond acceptors (Lipinski definition) is 11. The van der Waals surface area contributed by atoms with Gasteiger partial charge in [-0.1, -0.05) is 26.0 Å². The number of carbonyl (C=O) groups is 1. The van der Waals surface area contributed by atoms with Gasteiger partial charge in [-0.3, -0.25) is 0 Å². The summed E-state index contributed by atoms with van der Waals surface area (Å²) < 4.78 is 57.3. The summed E-state index contributed by atoms with van der Waals surface area (Å²) in [6.45, 7) is 6.75. The summed E-state index contributed by atoms with van der Waals surface area (Å²) in [4.78, 5) is 17.8. The molecule has 12 nitrogen and oxygen atoms in total. The van der Waals surface area contributed by atoms with Gasteiger partial charge in [-0.15, -0.1) is 11.3 Å². The Bertz CT molecular complexity index is 1790. The van der Waals surface area contributed by atoms with E-state index in [0.29, 0.717) is 29.9 Å². The summed E-state index contributed by atoms with van der Waals surface area (Å²) in [5, 5.41) is 18.1. The van der Waals surface area contributed by atoms with Gasteiger partial charge in [-0.25, -0.2) is 18.2 Å². The summed E-state index contributed by atoms with van der Waals surface area (Å²) in [5.74, 6) is 0.553. The van der Waals surface area contributed by atoms with Crippen molar-refractivity contribution in [3.8, 4) is 5.75 Å². The fourth-order valence-electron chi connectivity index (χ4n) is 6.03. The Balaban J connectivity index is 1.19. The number of nitrogens with zero attached hydrogens (tertiary/aromatic N) is 2. The highest BCUT2D eigenvalue weighted by atomic mass is 32.2. The fourth-order valence-corrected chi connectivity index (χ4v) is 8.28. The summed E-state index contributed by atoms with van der Waals surface area (Å²) in [6, 6.07) is 12.8. The van der Waals surface area contributed by atoms with Crippen molar-refractivity contribution in [2.75, 3.05) is 26.3 Å². The first kappa shape index (κ1) is 34.3. The van der Waals surface area contributed by atoms with Gasteiger partial charge in [-0.2, -0.15) is 4.31 Å². The van der Waals surface area contributed by atoms with Crippen LogP contribution >= 0.6 is 11.3 Å². The molecule has 5 unspecified atom stereocenters. The number of sulfonamides is 1. The lowest BCUT2D eigenvalue weighted by atomic mass is 10.0. The molecule has 2 aromatic heterocycles. The first-order valence-corrected chi connectivity index (χ1v) is 18.4. The van der Waals surface area contributed by atoms with E-state index in [1.54, 1.807) is 29.5 Å². The molecule has 0 saturated carbocycles. The van der Waals surface area contributed by atoms with Crippen LogP contribution in [0.15, 0.2) is 69.5 Å². The molecule has 6 rings (SSSR count). The van der Waals surface area contributed by atoms with E-state index in [1.807, 2.05) is 50.4 Å². The van der Waals surface area contributed by atoms with Crippen LogP contribution in [0.2, 0.25) is 0 Å². The molecule has 14 heteroatoms. The van der Waals surface area contributed by atoms with Gasteiger partial charge in [0, 0.05) is 23.9 Å². The minimum Gasteiger partial charge on any atom is -0.487 e. The van der Waals surface area contributed by atoms with Gasteiger partial charge in [0.25, 0.3) is 0 Å². The van der Waals surface area contributed by atoms with Crippen molar-refractivity contribution in [2.45, 2.75) is 69.7 Å². The molecule has 0 aliphatic carbocycles. The number of alkyl carbamates (subject to hydrolysis) is 1. The number of aromatic nitrogens is 1. The zero-order valence-electron chi connectivity index (χ0n) is 27.1. The zero-order chi connectivity index (χ0) is 33.8. The van der Waals surface area contributed by atoms with Crippen LogP contribution in [0.25, 0.3) is 11.0 Å². The summed E-state index contributed by atoms with van der Waals surface area (Å²) >= 11 is 1.56. The molecule has 4 heterocycles. The van der Waals surface area contributed by atoms with Gasteiger partial charge in [0.15, 0.2) is 6.29 Å². The van der Waals surface area contributed by atoms with Crippen molar-refractivity contribution in [1.82, 2.24) is 14.6 Å². The van der Waals surface area contributed by atoms with Gasteiger partial charge in [-0.05, 0) is 67.6 Å². The molecule has 258 valence electrons. The standard InChI is InChI=1S/C34H41N3O9S2/c1-21(2)16-37(48(40,41)27-8-9-31-24(15-27)10-12-42-31)17-30(38)29(36-34(39)46-32-19-45-33-28(32)11-13-43-33)14-23-4-6-26(7-5-23)44-18-25-20-47-22(3)35-25/h4-10,12,15,20-21,28-30,32-33,38H,11,13-14,16-19H2,1-3H3,(H,36,39). The lowest BCUT2D eigenvalue weighted by Crippen LogP contribution is -2.51. The molecule has 2 N–H and O–H groups in total. The highest BCUT2D eigenvalue weighted by Crippen LogP contribution is 2.33. The maximum absolute atomic E-state index is 13.9. The van der Waals surface area contributed by atoms with Gasteiger partial charge >= 0.3 is 6.09 Å². The third kappa shape index (κ3) is 8.18. The molecule has 2 saturated heterocycles. The number of rotatable bonds is 14. The second-order valence-corrected chi connectivity index (χ2v) is 15.6. The largest absolute Gasteiger partial charge is 0.487 e. The molecule has 48 heavy (non-hydrogen) atoms. The third-order valence-electron chi connectivity index (χ3n) is 8.46. The molecule has 2 aromatic carbocycles. The van der Waals surface area contributed by atoms with Gasteiger partial charge in [0.05, 0.1) is 53.1 Å². The van der Waals surface area contributed by atoms with Gasteiger partial charge < -0.3 is 33.8 Å². The van der Waals surface area contributed by atoms with Crippen LogP contribution in [-0.2, 0) is 37.3 Å². The van der Waals surface area contributed by atoms with Crippen molar-refractivity contribution in [3.05, 3.63) is 76.4 Å². The Morgan fingerprint density at radius 2 is 1.96 bits per heavy atom. The highest BCUT2D eigenvalue weighted by molar-refractivity contribution is 7.89. The minimum atomic E-state index is -4.02. The third-order valence-corrected chi connectivity index (χ3v) is 11.1. The van der Waals surface area contributed by atoms with E-state index in [0.717, 1.165) is 22.7 Å². The van der Waals surface area contributed by atoms with Crippen LogP contribution in [0.4, 0.5) is 4.79 Å². The van der Waals surface area contributed by atoms with E-state index >= 15 is 0 Å². The van der Waals surface area contributed by atoms with Crippen molar-refractivity contribution >= 4 is 38.4 Å². The smallest absolute Gasteiger partial charge is 0.407 e. The molecule has 1 amide bonds. The Labute approximate surface area is 284 Å². The Kier molecular flexibility index (Phi) is 10.7. The number of ether oxygens (including phenoxy) is 4. The SMILES string of the molecule is Cc1nc(COc2ccc(CC(NC(=O)OC3COC4OCCC34)C(O)CN(CC(C)C)S(=O)(=O)c3ccc4occc4c3)cc2)cs1. The first-order valence-electron chi connectivity index (χ1n) is 16.0. The van der Waals surface area contributed by atoms with Crippen LogP contribution in [0.3, 0.4) is 0 Å². The van der Waals surface area contributed by atoms with Gasteiger partial charge in [0.2, 0.25) is 10.0 Å². The average Bonchev–Trinajstić information content (AvgIpc) is 3.86. The predicted molar refractivity (Wildman–Crippen MR) is 178 cm³/mol. The molecule has 5 atom stereocenters. The van der Waals surface area contributed by atoms with Crippen LogP contribution in [0.5, 0.6) is 5.75 Å². The lowest BCUT2D eigenvalue weighted by molar-refractivity contribution is -0.0907. The molecule has 0 radical (unpaired) electrons. The Morgan fingerprint density at radius 3 is 2.71 bits per heavy atom. The van der Waals surface area contributed by atoms with E-state index in [1.165, 1.54) is 16.6 Å². The topological polar surface area (TPSA) is 150 Å². The van der Waals surface area contributed by atoms with Crippen molar-refractivity contribution in [3.63, 3.8) is 0 Å². The normalized spacial score (nSPS) is 20.7. The first-order chi connectivity index (χ1) is 23.0. The average molecular weight is 700 g/mol. The number of nitrogens with one attached hydrogen (secondary N) is 1. The van der Waals surface area contributed by atoms with E-state index in [-0.39, 0.29) is 49.1 Å². The quantitative estimate of drug-likeness (QED) is 0.186. The number of aliphatic hydroxyl groups excluding tert-OH is 1. The second-order valence-electron chi connectivity index (χ2n) is 12.6. The summed E-state index contributed by atoms with van der Waals surface area (Å²) in [6.07, 6.45) is -0.446. The molecular weight excluding hydrogens is 659 g/mol. The minimum absolute atomic E-state index is 0.0364. The molecule has 2 fully saturated rings. The number of amides is 1. The molecule has 0 spiro atoms. The monoisotopic (exact) mass is 699 g/mol. The van der Waals surface area contributed by atoms with E-state index in [2.05, 4.69) is 10.3 Å². The molecule has 2 aliphatic rings. The predicted octanol–water partition coefficient (Wildman–Crippen LogP) is 4.88. The molecule has 0 bridgehead atoms. The Hall–Kier alpha value is -3.53. The van der Waals surface area contributed by atoms with Crippen LogP contribution in [-0.4, -0.2) is 79.7 Å². The maximum atomic E-state index is 13.9. The number of thiazole rings is 1. The van der Waals surface area contributed by atoms with Crippen LogP contribution in [0, 0.1) is 18.8 Å². The molecule has 2 aliphatic heterocycles. The number of carbonyl (C=O) groups excluding carboxylic acids is 1. The number of benzene rings is 2. The number of hydrogen-bond donors (Lipinski definition) is 2. The number of aryl methyl sites for hydroxylation is 1. The maximum Gasteiger partial charge on any atom is 0.407 e. The molecule has 4 aromatic rings. The van der Waals surface area contributed by atoms with Crippen molar-refractivity contribution in [1.29, 1.82) is 0 Å². The van der Waals surface area contributed by atoms with Crippen molar-refractivity contribution < 1.29 is 41.7 Å². The van der Waals surface area contributed by atoms with E-state index in [4.69, 9.17) is 23.4 Å².